The van der Waals surface area contributed by atoms with Crippen molar-refractivity contribution in [2.75, 3.05) is 26.3 Å². The zero-order chi connectivity index (χ0) is 26.3. The summed E-state index contributed by atoms with van der Waals surface area (Å²) in [5.74, 6) is -0.823. The molecule has 37 heavy (non-hydrogen) atoms. The van der Waals surface area contributed by atoms with Crippen LogP contribution < -0.4 is 4.72 Å². The van der Waals surface area contributed by atoms with E-state index in [0.717, 1.165) is 10.0 Å². The quantitative estimate of drug-likeness (QED) is 0.440. The normalized spacial score (nSPS) is 16.0. The summed E-state index contributed by atoms with van der Waals surface area (Å²) < 4.78 is 39.6. The number of carbonyl (C=O) groups excluding carboxylic acids is 2. The van der Waals surface area contributed by atoms with E-state index in [0.29, 0.717) is 38.3 Å². The first-order valence-corrected chi connectivity index (χ1v) is 14.0. The molecule has 2 amide bonds. The molecule has 0 aromatic heterocycles. The van der Waals surface area contributed by atoms with Crippen LogP contribution in [-0.4, -0.2) is 51.6 Å². The van der Waals surface area contributed by atoms with Crippen LogP contribution in [0.15, 0.2) is 88.2 Å². The van der Waals surface area contributed by atoms with E-state index in [1.807, 2.05) is 30.3 Å². The van der Waals surface area contributed by atoms with Crippen LogP contribution in [0.5, 0.6) is 0 Å². The molecule has 0 spiro atoms. The van der Waals surface area contributed by atoms with Gasteiger partial charge in [-0.2, -0.15) is 0 Å². The Morgan fingerprint density at radius 1 is 1.00 bits per heavy atom. The summed E-state index contributed by atoms with van der Waals surface area (Å²) in [5.41, 5.74) is 1.82. The van der Waals surface area contributed by atoms with E-state index in [9.17, 15) is 18.0 Å². The number of amides is 2. The minimum Gasteiger partial charge on any atom is -0.445 e. The Hall–Kier alpha value is -3.21. The molecule has 8 nitrogen and oxygen atoms in total. The molecular weight excluding hydrogens is 560 g/mol. The van der Waals surface area contributed by atoms with Gasteiger partial charge in [0.25, 0.3) is 15.9 Å². The SMILES string of the molecule is O=C(NS(=O)(=O)c1ccc(Br)cc1)c1ccccc1CC1COCCN(C(=O)OCc2ccccc2)C1. The van der Waals surface area contributed by atoms with Gasteiger partial charge < -0.3 is 14.4 Å². The van der Waals surface area contributed by atoms with E-state index in [2.05, 4.69) is 20.7 Å². The van der Waals surface area contributed by atoms with Gasteiger partial charge in [-0.15, -0.1) is 0 Å². The molecule has 3 aromatic rings. The van der Waals surface area contributed by atoms with Gasteiger partial charge in [0.15, 0.2) is 0 Å². The molecule has 1 aliphatic rings. The number of hydrogen-bond acceptors (Lipinski definition) is 6. The molecular formula is C27H27BrN2O6S. The summed E-state index contributed by atoms with van der Waals surface area (Å²) in [6, 6.07) is 22.3. The summed E-state index contributed by atoms with van der Waals surface area (Å²) >= 11 is 3.27. The molecule has 0 aliphatic carbocycles. The second-order valence-electron chi connectivity index (χ2n) is 8.68. The van der Waals surface area contributed by atoms with Crippen molar-refractivity contribution in [3.05, 3.63) is 100 Å². The van der Waals surface area contributed by atoms with Gasteiger partial charge in [-0.05, 0) is 47.9 Å². The van der Waals surface area contributed by atoms with Gasteiger partial charge in [-0.25, -0.2) is 17.9 Å². The van der Waals surface area contributed by atoms with E-state index in [-0.39, 0.29) is 23.0 Å². The molecule has 4 rings (SSSR count). The standard InChI is InChI=1S/C27H27BrN2O6S/c28-23-10-12-24(13-11-23)37(33,34)29-26(31)25-9-5-4-8-22(25)16-21-17-30(14-15-35-18-21)27(32)36-19-20-6-2-1-3-7-20/h1-13,21H,14-19H2,(H,29,31). The van der Waals surface area contributed by atoms with Crippen LogP contribution in [0.25, 0.3) is 0 Å². The molecule has 1 unspecified atom stereocenters. The van der Waals surface area contributed by atoms with Gasteiger partial charge >= 0.3 is 6.09 Å². The molecule has 0 bridgehead atoms. The Balaban J connectivity index is 1.42. The molecule has 1 aliphatic heterocycles. The summed E-state index contributed by atoms with van der Waals surface area (Å²) in [5, 5.41) is 0. The van der Waals surface area contributed by atoms with Gasteiger partial charge in [0, 0.05) is 29.0 Å². The monoisotopic (exact) mass is 586 g/mol. The zero-order valence-electron chi connectivity index (χ0n) is 20.0. The van der Waals surface area contributed by atoms with Gasteiger partial charge in [-0.1, -0.05) is 64.5 Å². The fourth-order valence-corrected chi connectivity index (χ4v) is 5.29. The second-order valence-corrected chi connectivity index (χ2v) is 11.3. The minimum atomic E-state index is -4.04. The molecule has 3 aromatic carbocycles. The number of nitrogens with zero attached hydrogens (tertiary/aromatic N) is 1. The number of carbonyl (C=O) groups is 2. The maximum atomic E-state index is 13.0. The van der Waals surface area contributed by atoms with Gasteiger partial charge in [0.05, 0.1) is 18.1 Å². The highest BCUT2D eigenvalue weighted by Gasteiger charge is 2.26. The Kier molecular flexibility index (Phi) is 8.96. The highest BCUT2D eigenvalue weighted by molar-refractivity contribution is 9.10. The lowest BCUT2D eigenvalue weighted by atomic mass is 9.95. The summed E-state index contributed by atoms with van der Waals surface area (Å²) in [4.78, 5) is 27.3. The van der Waals surface area contributed by atoms with Crippen LogP contribution in [0, 0.1) is 5.92 Å². The Labute approximate surface area is 224 Å². The summed E-state index contributed by atoms with van der Waals surface area (Å²) in [6.45, 7) is 1.75. The highest BCUT2D eigenvalue weighted by atomic mass is 79.9. The fourth-order valence-electron chi connectivity index (χ4n) is 4.06. The van der Waals surface area contributed by atoms with Crippen molar-refractivity contribution in [2.45, 2.75) is 17.9 Å². The van der Waals surface area contributed by atoms with Crippen LogP contribution in [0.3, 0.4) is 0 Å². The van der Waals surface area contributed by atoms with Crippen LogP contribution in [0.1, 0.15) is 21.5 Å². The van der Waals surface area contributed by atoms with Crippen molar-refractivity contribution >= 4 is 38.0 Å². The van der Waals surface area contributed by atoms with E-state index in [1.165, 1.54) is 12.1 Å². The van der Waals surface area contributed by atoms with Crippen LogP contribution in [0.2, 0.25) is 0 Å². The minimum absolute atomic E-state index is 0.0108. The van der Waals surface area contributed by atoms with Crippen LogP contribution >= 0.6 is 15.9 Å². The highest BCUT2D eigenvalue weighted by Crippen LogP contribution is 2.20. The van der Waals surface area contributed by atoms with Crippen LogP contribution in [0.4, 0.5) is 4.79 Å². The largest absolute Gasteiger partial charge is 0.445 e. The average molecular weight is 587 g/mol. The predicted molar refractivity (Wildman–Crippen MR) is 141 cm³/mol. The van der Waals surface area contributed by atoms with Gasteiger partial charge in [-0.3, -0.25) is 4.79 Å². The first-order chi connectivity index (χ1) is 17.8. The first-order valence-electron chi connectivity index (χ1n) is 11.8. The van der Waals surface area contributed by atoms with Gasteiger partial charge in [0.1, 0.15) is 6.61 Å². The topological polar surface area (TPSA) is 102 Å². The third-order valence-corrected chi connectivity index (χ3v) is 7.80. The lowest BCUT2D eigenvalue weighted by Gasteiger charge is -2.23. The molecule has 1 saturated heterocycles. The Bertz CT molecular complexity index is 1330. The fraction of sp³-hybridized carbons (Fsp3) is 0.259. The summed E-state index contributed by atoms with van der Waals surface area (Å²) in [6.07, 6.45) is -0.00400. The van der Waals surface area contributed by atoms with Gasteiger partial charge in [0.2, 0.25) is 0 Å². The Morgan fingerprint density at radius 2 is 1.70 bits per heavy atom. The lowest BCUT2D eigenvalue weighted by Crippen LogP contribution is -2.37. The number of ether oxygens (including phenoxy) is 2. The van der Waals surface area contributed by atoms with Crippen molar-refractivity contribution in [1.82, 2.24) is 9.62 Å². The number of nitrogens with one attached hydrogen (secondary N) is 1. The molecule has 1 N–H and O–H groups in total. The first kappa shape index (κ1) is 26.8. The maximum absolute atomic E-state index is 13.0. The third kappa shape index (κ3) is 7.41. The maximum Gasteiger partial charge on any atom is 0.410 e. The van der Waals surface area contributed by atoms with E-state index in [1.54, 1.807) is 41.3 Å². The van der Waals surface area contributed by atoms with Crippen molar-refractivity contribution in [3.8, 4) is 0 Å². The van der Waals surface area contributed by atoms with E-state index >= 15 is 0 Å². The summed E-state index contributed by atoms with van der Waals surface area (Å²) in [7, 11) is -4.04. The lowest BCUT2D eigenvalue weighted by molar-refractivity contribution is 0.0914. The van der Waals surface area contributed by atoms with Crippen molar-refractivity contribution in [3.63, 3.8) is 0 Å². The Morgan fingerprint density at radius 3 is 2.46 bits per heavy atom. The number of halogens is 1. The molecule has 0 saturated carbocycles. The second kappa shape index (κ2) is 12.4. The third-order valence-electron chi connectivity index (χ3n) is 5.92. The zero-order valence-corrected chi connectivity index (χ0v) is 22.4. The number of sulfonamides is 1. The molecule has 1 fully saturated rings. The molecule has 0 radical (unpaired) electrons. The smallest absolute Gasteiger partial charge is 0.410 e. The van der Waals surface area contributed by atoms with Crippen molar-refractivity contribution < 1.29 is 27.5 Å². The molecule has 1 heterocycles. The number of benzene rings is 3. The number of rotatable bonds is 7. The average Bonchev–Trinajstić information content (AvgIpc) is 3.14. The van der Waals surface area contributed by atoms with Crippen molar-refractivity contribution in [2.24, 2.45) is 5.92 Å². The van der Waals surface area contributed by atoms with E-state index in [4.69, 9.17) is 9.47 Å². The molecule has 194 valence electrons. The van der Waals surface area contributed by atoms with Crippen LogP contribution in [-0.2, 0) is 32.5 Å². The number of hydrogen-bond donors (Lipinski definition) is 1. The van der Waals surface area contributed by atoms with Crippen molar-refractivity contribution in [1.29, 1.82) is 0 Å². The predicted octanol–water partition coefficient (Wildman–Crippen LogP) is 4.40. The van der Waals surface area contributed by atoms with E-state index < -0.39 is 22.0 Å². The molecule has 10 heteroatoms. The molecule has 1 atom stereocenters.